The molecule has 0 aliphatic heterocycles. The Kier molecular flexibility index (Phi) is 1.68. The fourth-order valence-electron chi connectivity index (χ4n) is 1.03. The van der Waals surface area contributed by atoms with Crippen molar-refractivity contribution in [3.05, 3.63) is 30.3 Å². The second kappa shape index (κ2) is 2.83. The lowest BCUT2D eigenvalue weighted by Crippen LogP contribution is -1.92. The number of nitrogens with two attached hydrogens (primary N) is 1. The Bertz CT molecular complexity index is 350. The summed E-state index contributed by atoms with van der Waals surface area (Å²) in [6, 6.07) is 3.75. The van der Waals surface area contributed by atoms with E-state index in [0.717, 1.165) is 17.1 Å². The molecule has 4 nitrogen and oxygen atoms in total. The predicted molar refractivity (Wildman–Crippen MR) is 44.2 cm³/mol. The maximum atomic E-state index is 5.40. The number of aromatic amines is 1. The molecular formula is C8H9N3O. The molecule has 0 saturated heterocycles. The molecule has 2 rings (SSSR count). The van der Waals surface area contributed by atoms with Crippen molar-refractivity contribution in [2.24, 2.45) is 5.73 Å². The van der Waals surface area contributed by atoms with Crippen LogP contribution in [0.5, 0.6) is 0 Å². The number of hydrogen-bond donors (Lipinski definition) is 2. The molecule has 2 heterocycles. The largest absolute Gasteiger partial charge is 0.460 e. The van der Waals surface area contributed by atoms with Gasteiger partial charge in [-0.15, -0.1) is 0 Å². The maximum absolute atomic E-state index is 5.40. The molecule has 0 amide bonds. The lowest BCUT2D eigenvalue weighted by molar-refractivity contribution is 0.525. The molecule has 12 heavy (non-hydrogen) atoms. The molecule has 0 radical (unpaired) electrons. The first-order valence-corrected chi connectivity index (χ1v) is 3.68. The monoisotopic (exact) mass is 163 g/mol. The highest BCUT2D eigenvalue weighted by atomic mass is 16.3. The summed E-state index contributed by atoms with van der Waals surface area (Å²) in [5.74, 6) is 1.58. The fraction of sp³-hybridized carbons (Fsp3) is 0.125. The second-order valence-electron chi connectivity index (χ2n) is 2.46. The van der Waals surface area contributed by atoms with Gasteiger partial charge in [0.25, 0.3) is 0 Å². The standard InChI is InChI=1S/C8H9N3O/c9-3-7-1-2-8(12-7)6-4-10-11-5-6/h1-2,4-5H,3,9H2,(H,10,11). The van der Waals surface area contributed by atoms with E-state index in [4.69, 9.17) is 10.2 Å². The third-order valence-corrected chi connectivity index (χ3v) is 1.65. The van der Waals surface area contributed by atoms with Crippen LogP contribution < -0.4 is 5.73 Å². The van der Waals surface area contributed by atoms with Gasteiger partial charge < -0.3 is 10.2 Å². The normalized spacial score (nSPS) is 10.4. The van der Waals surface area contributed by atoms with E-state index in [0.29, 0.717) is 6.54 Å². The third-order valence-electron chi connectivity index (χ3n) is 1.65. The van der Waals surface area contributed by atoms with Gasteiger partial charge in [0.05, 0.1) is 18.3 Å². The molecule has 3 N–H and O–H groups in total. The number of aromatic nitrogens is 2. The van der Waals surface area contributed by atoms with Crippen molar-refractivity contribution >= 4 is 0 Å². The maximum Gasteiger partial charge on any atom is 0.137 e. The highest BCUT2D eigenvalue weighted by Crippen LogP contribution is 2.19. The van der Waals surface area contributed by atoms with Gasteiger partial charge in [0, 0.05) is 6.20 Å². The average Bonchev–Trinajstić information content (AvgIpc) is 2.75. The quantitative estimate of drug-likeness (QED) is 0.697. The number of hydrogen-bond acceptors (Lipinski definition) is 3. The first kappa shape index (κ1) is 7.12. The van der Waals surface area contributed by atoms with Gasteiger partial charge in [-0.2, -0.15) is 5.10 Å². The molecule has 0 saturated carbocycles. The Morgan fingerprint density at radius 3 is 3.00 bits per heavy atom. The second-order valence-corrected chi connectivity index (χ2v) is 2.46. The van der Waals surface area contributed by atoms with Gasteiger partial charge in [-0.05, 0) is 12.1 Å². The van der Waals surface area contributed by atoms with E-state index in [1.54, 1.807) is 12.4 Å². The molecular weight excluding hydrogens is 154 g/mol. The Labute approximate surface area is 69.4 Å². The van der Waals surface area contributed by atoms with Crippen LogP contribution in [0.4, 0.5) is 0 Å². The minimum atomic E-state index is 0.428. The summed E-state index contributed by atoms with van der Waals surface area (Å²) < 4.78 is 5.39. The van der Waals surface area contributed by atoms with E-state index < -0.39 is 0 Å². The van der Waals surface area contributed by atoms with Crippen LogP contribution in [-0.2, 0) is 6.54 Å². The zero-order chi connectivity index (χ0) is 8.39. The summed E-state index contributed by atoms with van der Waals surface area (Å²) in [6.45, 7) is 0.428. The Hall–Kier alpha value is -1.55. The van der Waals surface area contributed by atoms with Crippen molar-refractivity contribution in [2.75, 3.05) is 0 Å². The zero-order valence-electron chi connectivity index (χ0n) is 6.45. The number of H-pyrrole nitrogens is 1. The predicted octanol–water partition coefficient (Wildman–Crippen LogP) is 1.13. The first-order valence-electron chi connectivity index (χ1n) is 3.68. The van der Waals surface area contributed by atoms with E-state index in [1.165, 1.54) is 0 Å². The summed E-state index contributed by atoms with van der Waals surface area (Å²) in [5, 5.41) is 6.53. The highest BCUT2D eigenvalue weighted by molar-refractivity contribution is 5.54. The van der Waals surface area contributed by atoms with Crippen LogP contribution in [0.15, 0.2) is 28.9 Å². The van der Waals surface area contributed by atoms with Crippen LogP contribution in [0.2, 0.25) is 0 Å². The Balaban J connectivity index is 2.35. The van der Waals surface area contributed by atoms with Crippen LogP contribution in [0.25, 0.3) is 11.3 Å². The van der Waals surface area contributed by atoms with E-state index in [9.17, 15) is 0 Å². The van der Waals surface area contributed by atoms with E-state index in [-0.39, 0.29) is 0 Å². The molecule has 0 unspecified atom stereocenters. The molecule has 0 aromatic carbocycles. The molecule has 2 aromatic heterocycles. The summed E-state index contributed by atoms with van der Waals surface area (Å²) in [5.41, 5.74) is 6.34. The molecule has 0 aliphatic carbocycles. The van der Waals surface area contributed by atoms with Crippen LogP contribution in [-0.4, -0.2) is 10.2 Å². The topological polar surface area (TPSA) is 67.8 Å². The summed E-state index contributed by atoms with van der Waals surface area (Å²) in [6.07, 6.45) is 3.48. The van der Waals surface area contributed by atoms with Crippen LogP contribution in [0.3, 0.4) is 0 Å². The first-order chi connectivity index (χ1) is 5.90. The van der Waals surface area contributed by atoms with Crippen LogP contribution in [0.1, 0.15) is 5.76 Å². The summed E-state index contributed by atoms with van der Waals surface area (Å²) >= 11 is 0. The van der Waals surface area contributed by atoms with Crippen molar-refractivity contribution in [1.82, 2.24) is 10.2 Å². The SMILES string of the molecule is NCc1ccc(-c2cn[nH]c2)o1. The number of furan rings is 1. The number of nitrogens with one attached hydrogen (secondary N) is 1. The van der Waals surface area contributed by atoms with Gasteiger partial charge in [0.2, 0.25) is 0 Å². The minimum absolute atomic E-state index is 0.428. The fourth-order valence-corrected chi connectivity index (χ4v) is 1.03. The lowest BCUT2D eigenvalue weighted by Gasteiger charge is -1.88. The summed E-state index contributed by atoms with van der Waals surface area (Å²) in [7, 11) is 0. The van der Waals surface area contributed by atoms with Crippen molar-refractivity contribution in [3.63, 3.8) is 0 Å². The minimum Gasteiger partial charge on any atom is -0.460 e. The zero-order valence-corrected chi connectivity index (χ0v) is 6.45. The highest BCUT2D eigenvalue weighted by Gasteiger charge is 2.03. The lowest BCUT2D eigenvalue weighted by atomic mass is 10.3. The average molecular weight is 163 g/mol. The molecule has 0 spiro atoms. The van der Waals surface area contributed by atoms with Gasteiger partial charge >= 0.3 is 0 Å². The van der Waals surface area contributed by atoms with Gasteiger partial charge in [0.15, 0.2) is 0 Å². The van der Waals surface area contributed by atoms with Crippen LogP contribution >= 0.6 is 0 Å². The van der Waals surface area contributed by atoms with Gasteiger partial charge in [-0.25, -0.2) is 0 Å². The number of nitrogens with zero attached hydrogens (tertiary/aromatic N) is 1. The van der Waals surface area contributed by atoms with E-state index in [1.807, 2.05) is 12.1 Å². The van der Waals surface area contributed by atoms with E-state index >= 15 is 0 Å². The molecule has 0 bridgehead atoms. The van der Waals surface area contributed by atoms with Crippen molar-refractivity contribution in [1.29, 1.82) is 0 Å². The van der Waals surface area contributed by atoms with Crippen molar-refractivity contribution in [2.45, 2.75) is 6.54 Å². The van der Waals surface area contributed by atoms with Gasteiger partial charge in [0.1, 0.15) is 11.5 Å². The van der Waals surface area contributed by atoms with Crippen LogP contribution in [0, 0.1) is 0 Å². The number of rotatable bonds is 2. The molecule has 0 fully saturated rings. The molecule has 4 heteroatoms. The molecule has 2 aromatic rings. The Morgan fingerprint density at radius 1 is 1.50 bits per heavy atom. The molecule has 0 atom stereocenters. The van der Waals surface area contributed by atoms with Crippen molar-refractivity contribution < 1.29 is 4.42 Å². The van der Waals surface area contributed by atoms with Crippen molar-refractivity contribution in [3.8, 4) is 11.3 Å². The molecule has 62 valence electrons. The smallest absolute Gasteiger partial charge is 0.137 e. The van der Waals surface area contributed by atoms with E-state index in [2.05, 4.69) is 10.2 Å². The summed E-state index contributed by atoms with van der Waals surface area (Å²) in [4.78, 5) is 0. The third kappa shape index (κ3) is 1.12. The molecule has 0 aliphatic rings. The van der Waals surface area contributed by atoms with Gasteiger partial charge in [-0.1, -0.05) is 0 Å². The Morgan fingerprint density at radius 2 is 2.42 bits per heavy atom. The van der Waals surface area contributed by atoms with Gasteiger partial charge in [-0.3, -0.25) is 5.10 Å².